The van der Waals surface area contributed by atoms with Gasteiger partial charge in [-0.05, 0) is 32.5 Å². The van der Waals surface area contributed by atoms with E-state index < -0.39 is 5.51 Å². The largest absolute Gasteiger partial charge is 0.441 e. The molecule has 0 saturated heterocycles. The van der Waals surface area contributed by atoms with Gasteiger partial charge in [-0.3, -0.25) is 4.79 Å². The van der Waals surface area contributed by atoms with Crippen LogP contribution in [0, 0.1) is 0 Å². The first-order valence-corrected chi connectivity index (χ1v) is 6.31. The van der Waals surface area contributed by atoms with Crippen molar-refractivity contribution in [3.8, 4) is 0 Å². The van der Waals surface area contributed by atoms with Gasteiger partial charge in [-0.25, -0.2) is 0 Å². The van der Waals surface area contributed by atoms with Crippen molar-refractivity contribution in [2.45, 2.75) is 38.2 Å². The highest BCUT2D eigenvalue weighted by molar-refractivity contribution is 8.00. The van der Waals surface area contributed by atoms with E-state index in [1.165, 1.54) is 0 Å². The van der Waals surface area contributed by atoms with E-state index in [9.17, 15) is 18.0 Å². The fourth-order valence-electron chi connectivity index (χ4n) is 1.05. The Morgan fingerprint density at radius 1 is 1.18 bits per heavy atom. The van der Waals surface area contributed by atoms with Crippen LogP contribution in [0.15, 0.2) is 0 Å². The number of rotatable bonds is 6. The number of thioether (sulfide) groups is 1. The van der Waals surface area contributed by atoms with E-state index >= 15 is 0 Å². The summed E-state index contributed by atoms with van der Waals surface area (Å²) in [5.41, 5.74) is -4.45. The highest BCUT2D eigenvalue weighted by Gasteiger charge is 2.27. The van der Waals surface area contributed by atoms with Gasteiger partial charge < -0.3 is 10.6 Å². The molecule has 0 aliphatic heterocycles. The van der Waals surface area contributed by atoms with E-state index in [0.29, 0.717) is 6.54 Å². The van der Waals surface area contributed by atoms with Crippen molar-refractivity contribution in [2.75, 3.05) is 18.8 Å². The number of halogens is 3. The third-order valence-corrected chi connectivity index (χ3v) is 2.32. The van der Waals surface area contributed by atoms with Crippen LogP contribution in [0.2, 0.25) is 0 Å². The zero-order valence-corrected chi connectivity index (χ0v) is 11.1. The third-order valence-electron chi connectivity index (χ3n) is 1.59. The van der Waals surface area contributed by atoms with Gasteiger partial charge in [-0.15, -0.1) is 0 Å². The first kappa shape index (κ1) is 16.6. The van der Waals surface area contributed by atoms with Crippen LogP contribution in [0.3, 0.4) is 0 Å². The number of alkyl halides is 3. The summed E-state index contributed by atoms with van der Waals surface area (Å²) >= 11 is -0.0606. The molecule has 17 heavy (non-hydrogen) atoms. The average Bonchev–Trinajstić information content (AvgIpc) is 2.06. The Hall–Kier alpha value is -0.430. The van der Waals surface area contributed by atoms with Crippen LogP contribution in [0.1, 0.15) is 27.2 Å². The van der Waals surface area contributed by atoms with Crippen LogP contribution in [0.4, 0.5) is 13.2 Å². The minimum Gasteiger partial charge on any atom is -0.351 e. The summed E-state index contributed by atoms with van der Waals surface area (Å²) in [5.74, 6) is -0.141. The summed E-state index contributed by atoms with van der Waals surface area (Å²) in [5, 5.41) is 5.56. The Kier molecular flexibility index (Phi) is 6.92. The quantitative estimate of drug-likeness (QED) is 0.728. The second-order valence-electron chi connectivity index (χ2n) is 4.59. The van der Waals surface area contributed by atoms with E-state index in [1.807, 2.05) is 20.8 Å². The predicted molar refractivity (Wildman–Crippen MR) is 63.9 cm³/mol. The lowest BCUT2D eigenvalue weighted by molar-refractivity contribution is -0.122. The maximum Gasteiger partial charge on any atom is 0.441 e. The SMILES string of the molecule is CC(C)(C)NC(=O)CCNCCSC(F)(F)F. The molecule has 0 aromatic rings. The normalized spacial score (nSPS) is 12.6. The van der Waals surface area contributed by atoms with Gasteiger partial charge in [0.25, 0.3) is 0 Å². The molecule has 0 unspecified atom stereocenters. The van der Waals surface area contributed by atoms with Crippen LogP contribution in [0.25, 0.3) is 0 Å². The molecule has 0 aromatic carbocycles. The molecule has 0 heterocycles. The second kappa shape index (κ2) is 7.10. The van der Waals surface area contributed by atoms with Gasteiger partial charge in [-0.2, -0.15) is 13.2 Å². The molecule has 0 bridgehead atoms. The summed E-state index contributed by atoms with van der Waals surface area (Å²) < 4.78 is 35.2. The maximum atomic E-state index is 11.7. The van der Waals surface area contributed by atoms with Crippen LogP contribution < -0.4 is 10.6 Å². The number of carbonyl (C=O) groups is 1. The van der Waals surface area contributed by atoms with Crippen molar-refractivity contribution in [3.05, 3.63) is 0 Å². The van der Waals surface area contributed by atoms with Crippen LogP contribution in [-0.2, 0) is 4.79 Å². The lowest BCUT2D eigenvalue weighted by atomic mass is 10.1. The molecule has 3 nitrogen and oxygen atoms in total. The zero-order valence-electron chi connectivity index (χ0n) is 10.3. The molecular weight excluding hydrogens is 253 g/mol. The second-order valence-corrected chi connectivity index (χ2v) is 5.75. The molecule has 102 valence electrons. The molecule has 0 aliphatic rings. The van der Waals surface area contributed by atoms with Crippen LogP contribution >= 0.6 is 11.8 Å². The number of amides is 1. The Bertz CT molecular complexity index is 239. The lowest BCUT2D eigenvalue weighted by Gasteiger charge is -2.20. The molecule has 0 spiro atoms. The molecule has 0 atom stereocenters. The van der Waals surface area contributed by atoms with Crippen LogP contribution in [-0.4, -0.2) is 35.8 Å². The van der Waals surface area contributed by atoms with Crippen molar-refractivity contribution in [1.29, 1.82) is 0 Å². The predicted octanol–water partition coefficient (Wildman–Crippen LogP) is 2.13. The summed E-state index contributed by atoms with van der Waals surface area (Å²) in [6, 6.07) is 0. The fourth-order valence-corrected chi connectivity index (χ4v) is 1.52. The minimum atomic E-state index is -4.18. The Morgan fingerprint density at radius 3 is 2.24 bits per heavy atom. The zero-order chi connectivity index (χ0) is 13.5. The highest BCUT2D eigenvalue weighted by Crippen LogP contribution is 2.29. The number of hydrogen-bond donors (Lipinski definition) is 2. The monoisotopic (exact) mass is 272 g/mol. The smallest absolute Gasteiger partial charge is 0.351 e. The molecule has 1 amide bonds. The molecular formula is C10H19F3N2OS. The lowest BCUT2D eigenvalue weighted by Crippen LogP contribution is -2.41. The summed E-state index contributed by atoms with van der Waals surface area (Å²) in [4.78, 5) is 11.3. The topological polar surface area (TPSA) is 41.1 Å². The van der Waals surface area contributed by atoms with Crippen molar-refractivity contribution in [3.63, 3.8) is 0 Å². The van der Waals surface area contributed by atoms with Gasteiger partial charge in [-0.1, -0.05) is 0 Å². The van der Waals surface area contributed by atoms with Crippen molar-refractivity contribution >= 4 is 17.7 Å². The molecule has 0 aliphatic carbocycles. The average molecular weight is 272 g/mol. The number of hydrogen-bond acceptors (Lipinski definition) is 3. The Morgan fingerprint density at radius 2 is 1.76 bits per heavy atom. The molecule has 2 N–H and O–H groups in total. The highest BCUT2D eigenvalue weighted by atomic mass is 32.2. The van der Waals surface area contributed by atoms with Gasteiger partial charge in [0.2, 0.25) is 5.91 Å². The molecule has 0 fully saturated rings. The molecule has 0 aromatic heterocycles. The van der Waals surface area contributed by atoms with Crippen LogP contribution in [0.5, 0.6) is 0 Å². The summed E-state index contributed by atoms with van der Waals surface area (Å²) in [7, 11) is 0. The summed E-state index contributed by atoms with van der Waals surface area (Å²) in [6.07, 6.45) is 0.272. The Labute approximate surface area is 104 Å². The third kappa shape index (κ3) is 13.5. The van der Waals surface area contributed by atoms with E-state index in [2.05, 4.69) is 10.6 Å². The summed E-state index contributed by atoms with van der Waals surface area (Å²) in [6.45, 7) is 6.25. The van der Waals surface area contributed by atoms with Crippen molar-refractivity contribution < 1.29 is 18.0 Å². The molecule has 7 heteroatoms. The van der Waals surface area contributed by atoms with E-state index in [0.717, 1.165) is 0 Å². The fraction of sp³-hybridized carbons (Fsp3) is 0.900. The van der Waals surface area contributed by atoms with Gasteiger partial charge in [0.05, 0.1) is 0 Å². The molecule has 0 radical (unpaired) electrons. The van der Waals surface area contributed by atoms with Gasteiger partial charge in [0.1, 0.15) is 0 Å². The van der Waals surface area contributed by atoms with Gasteiger partial charge in [0, 0.05) is 30.8 Å². The minimum absolute atomic E-state index is 0.0373. The number of nitrogens with one attached hydrogen (secondary N) is 2. The first-order valence-electron chi connectivity index (χ1n) is 5.32. The molecule has 0 rings (SSSR count). The molecule has 0 saturated carbocycles. The van der Waals surface area contributed by atoms with Gasteiger partial charge >= 0.3 is 5.51 Å². The number of carbonyl (C=O) groups excluding carboxylic acids is 1. The standard InChI is InChI=1S/C10H19F3N2OS/c1-9(2,3)15-8(16)4-5-14-6-7-17-10(11,12)13/h14H,4-7H2,1-3H3,(H,15,16). The van der Waals surface area contributed by atoms with Crippen molar-refractivity contribution in [1.82, 2.24) is 10.6 Å². The van der Waals surface area contributed by atoms with E-state index in [-0.39, 0.29) is 41.9 Å². The van der Waals surface area contributed by atoms with Gasteiger partial charge in [0.15, 0.2) is 0 Å². The van der Waals surface area contributed by atoms with Crippen molar-refractivity contribution in [2.24, 2.45) is 0 Å². The first-order chi connectivity index (χ1) is 7.60. The van der Waals surface area contributed by atoms with E-state index in [4.69, 9.17) is 0 Å². The van der Waals surface area contributed by atoms with E-state index in [1.54, 1.807) is 0 Å². The maximum absolute atomic E-state index is 11.7. The Balaban J connectivity index is 3.44.